The highest BCUT2D eigenvalue weighted by atomic mass is 32.1. The maximum Gasteiger partial charge on any atom is 0.349 e. The van der Waals surface area contributed by atoms with Crippen molar-refractivity contribution in [2.45, 2.75) is 13.0 Å². The molecule has 0 aliphatic heterocycles. The number of ether oxygens (including phenoxy) is 1. The van der Waals surface area contributed by atoms with Crippen molar-refractivity contribution < 1.29 is 32.4 Å². The van der Waals surface area contributed by atoms with Gasteiger partial charge in [0.1, 0.15) is 4.88 Å². The molecule has 0 aliphatic rings. The largest absolute Gasteiger partial charge is 0.448 e. The van der Waals surface area contributed by atoms with E-state index in [4.69, 9.17) is 4.74 Å². The van der Waals surface area contributed by atoms with E-state index in [2.05, 4.69) is 0 Å². The first kappa shape index (κ1) is 18.4. The van der Waals surface area contributed by atoms with Gasteiger partial charge >= 0.3 is 11.0 Å². The standard InChI is InChI=1S/C14H9F3N2O5S/c1-6(24-14(21)9-4-5-10(25-9)19(22)23)13(20)18-8-3-2-7(15)11(16)12(8)17/h2-6H,1H3,(H,18,20)/t6-/m0/s1. The van der Waals surface area contributed by atoms with Crippen LogP contribution in [0.4, 0.5) is 23.9 Å². The number of rotatable bonds is 5. The number of anilines is 1. The fourth-order valence-electron chi connectivity index (χ4n) is 1.66. The topological polar surface area (TPSA) is 98.5 Å². The molecule has 0 saturated heterocycles. The summed E-state index contributed by atoms with van der Waals surface area (Å²) in [4.78, 5) is 33.4. The van der Waals surface area contributed by atoms with Crippen LogP contribution in [0.1, 0.15) is 16.6 Å². The number of nitro groups is 1. The zero-order chi connectivity index (χ0) is 18.7. The van der Waals surface area contributed by atoms with Crippen molar-refractivity contribution in [1.29, 1.82) is 0 Å². The summed E-state index contributed by atoms with van der Waals surface area (Å²) in [6.45, 7) is 1.16. The van der Waals surface area contributed by atoms with E-state index in [1.807, 2.05) is 5.32 Å². The lowest BCUT2D eigenvalue weighted by Crippen LogP contribution is -2.30. The van der Waals surface area contributed by atoms with Crippen LogP contribution in [-0.4, -0.2) is 22.9 Å². The Hall–Kier alpha value is -2.95. The Morgan fingerprint density at radius 2 is 1.88 bits per heavy atom. The molecule has 1 atom stereocenters. The first-order valence-corrected chi connectivity index (χ1v) is 7.42. The van der Waals surface area contributed by atoms with E-state index < -0.39 is 46.0 Å². The molecule has 0 radical (unpaired) electrons. The number of carbonyl (C=O) groups excluding carboxylic acids is 2. The quantitative estimate of drug-likeness (QED) is 0.375. The molecule has 0 saturated carbocycles. The summed E-state index contributed by atoms with van der Waals surface area (Å²) in [5.41, 5.74) is -0.626. The third kappa shape index (κ3) is 4.12. The minimum absolute atomic E-state index is 0.106. The predicted molar refractivity (Wildman–Crippen MR) is 80.8 cm³/mol. The van der Waals surface area contributed by atoms with Crippen molar-refractivity contribution in [3.05, 3.63) is 56.7 Å². The van der Waals surface area contributed by atoms with Gasteiger partial charge in [-0.25, -0.2) is 18.0 Å². The normalized spacial score (nSPS) is 11.7. The van der Waals surface area contributed by atoms with Gasteiger partial charge in [0, 0.05) is 6.07 Å². The van der Waals surface area contributed by atoms with Gasteiger partial charge in [0.05, 0.1) is 10.6 Å². The molecule has 1 aromatic carbocycles. The number of nitrogens with zero attached hydrogens (tertiary/aromatic N) is 1. The predicted octanol–water partition coefficient (Wildman–Crippen LogP) is 3.26. The Morgan fingerprint density at radius 3 is 2.48 bits per heavy atom. The molecule has 0 aliphatic carbocycles. The summed E-state index contributed by atoms with van der Waals surface area (Å²) in [5.74, 6) is -6.76. The highest BCUT2D eigenvalue weighted by Crippen LogP contribution is 2.25. The van der Waals surface area contributed by atoms with Crippen LogP contribution >= 0.6 is 11.3 Å². The molecule has 2 rings (SSSR count). The molecule has 0 spiro atoms. The van der Waals surface area contributed by atoms with Crippen LogP contribution in [-0.2, 0) is 9.53 Å². The average molecular weight is 374 g/mol. The van der Waals surface area contributed by atoms with Crippen LogP contribution < -0.4 is 5.32 Å². The van der Waals surface area contributed by atoms with Gasteiger partial charge in [-0.05, 0) is 25.1 Å². The summed E-state index contributed by atoms with van der Waals surface area (Å²) in [6, 6.07) is 3.69. The van der Waals surface area contributed by atoms with Gasteiger partial charge in [0.2, 0.25) is 0 Å². The molecule has 0 fully saturated rings. The number of hydrogen-bond acceptors (Lipinski definition) is 6. The Balaban J connectivity index is 2.03. The molecule has 1 N–H and O–H groups in total. The first-order chi connectivity index (χ1) is 11.7. The van der Waals surface area contributed by atoms with Crippen molar-refractivity contribution in [2.75, 3.05) is 5.32 Å². The fraction of sp³-hybridized carbons (Fsp3) is 0.143. The SMILES string of the molecule is C[C@H](OC(=O)c1ccc([N+](=O)[O-])s1)C(=O)Nc1ccc(F)c(F)c1F. The van der Waals surface area contributed by atoms with Crippen molar-refractivity contribution >= 4 is 33.9 Å². The number of carbonyl (C=O) groups is 2. The fourth-order valence-corrected chi connectivity index (χ4v) is 2.37. The molecule has 1 amide bonds. The minimum atomic E-state index is -1.76. The van der Waals surface area contributed by atoms with Crippen LogP contribution in [0, 0.1) is 27.6 Å². The smallest absolute Gasteiger partial charge is 0.349 e. The van der Waals surface area contributed by atoms with Gasteiger partial charge in [-0.1, -0.05) is 11.3 Å². The molecule has 25 heavy (non-hydrogen) atoms. The third-order valence-corrected chi connectivity index (χ3v) is 3.94. The van der Waals surface area contributed by atoms with Crippen LogP contribution in [0.25, 0.3) is 0 Å². The maximum atomic E-state index is 13.5. The molecular weight excluding hydrogens is 365 g/mol. The van der Waals surface area contributed by atoms with Gasteiger partial charge in [0.25, 0.3) is 5.91 Å². The summed E-state index contributed by atoms with van der Waals surface area (Å²) in [5, 5.41) is 12.2. The molecule has 0 bridgehead atoms. The monoisotopic (exact) mass is 374 g/mol. The molecule has 11 heteroatoms. The molecule has 7 nitrogen and oxygen atoms in total. The van der Waals surface area contributed by atoms with E-state index in [1.165, 1.54) is 0 Å². The van der Waals surface area contributed by atoms with E-state index in [1.54, 1.807) is 0 Å². The van der Waals surface area contributed by atoms with E-state index in [0.717, 1.165) is 25.1 Å². The second-order valence-corrected chi connectivity index (χ2v) is 5.72. The molecule has 2 aromatic rings. The number of nitrogens with one attached hydrogen (secondary N) is 1. The number of hydrogen-bond donors (Lipinski definition) is 1. The molecule has 132 valence electrons. The van der Waals surface area contributed by atoms with Crippen molar-refractivity contribution in [3.63, 3.8) is 0 Å². The van der Waals surface area contributed by atoms with E-state index in [-0.39, 0.29) is 9.88 Å². The van der Waals surface area contributed by atoms with E-state index >= 15 is 0 Å². The zero-order valence-electron chi connectivity index (χ0n) is 12.4. The van der Waals surface area contributed by atoms with Crippen LogP contribution in [0.15, 0.2) is 24.3 Å². The highest BCUT2D eigenvalue weighted by molar-refractivity contribution is 7.17. The van der Waals surface area contributed by atoms with Crippen molar-refractivity contribution in [1.82, 2.24) is 0 Å². The van der Waals surface area contributed by atoms with Gasteiger partial charge in [-0.2, -0.15) is 0 Å². The molecule has 0 unspecified atom stereocenters. The minimum Gasteiger partial charge on any atom is -0.448 e. The Kier molecular flexibility index (Phi) is 5.37. The van der Waals surface area contributed by atoms with Crippen molar-refractivity contribution in [2.24, 2.45) is 0 Å². The summed E-state index contributed by atoms with van der Waals surface area (Å²) >= 11 is 0.556. The van der Waals surface area contributed by atoms with Crippen LogP contribution in [0.5, 0.6) is 0 Å². The number of benzene rings is 1. The summed E-state index contributed by atoms with van der Waals surface area (Å²) in [7, 11) is 0. The average Bonchev–Trinajstić information content (AvgIpc) is 3.05. The lowest BCUT2D eigenvalue weighted by molar-refractivity contribution is -0.380. The maximum absolute atomic E-state index is 13.5. The lowest BCUT2D eigenvalue weighted by atomic mass is 10.2. The Bertz CT molecular complexity index is 855. The molecular formula is C14H9F3N2O5S. The van der Waals surface area contributed by atoms with Gasteiger partial charge in [-0.3, -0.25) is 14.9 Å². The summed E-state index contributed by atoms with van der Waals surface area (Å²) < 4.78 is 44.2. The second-order valence-electron chi connectivity index (χ2n) is 4.65. The number of halogens is 3. The number of esters is 1. The number of thiophene rings is 1. The van der Waals surface area contributed by atoms with Crippen LogP contribution in [0.3, 0.4) is 0 Å². The van der Waals surface area contributed by atoms with Crippen LogP contribution in [0.2, 0.25) is 0 Å². The van der Waals surface area contributed by atoms with E-state index in [0.29, 0.717) is 17.4 Å². The zero-order valence-corrected chi connectivity index (χ0v) is 13.2. The number of amides is 1. The lowest BCUT2D eigenvalue weighted by Gasteiger charge is -2.13. The van der Waals surface area contributed by atoms with Gasteiger partial charge in [0.15, 0.2) is 23.6 Å². The second kappa shape index (κ2) is 7.30. The summed E-state index contributed by atoms with van der Waals surface area (Å²) in [6.07, 6.45) is -1.42. The molecule has 1 aromatic heterocycles. The third-order valence-electron chi connectivity index (χ3n) is 2.92. The Labute approximate surface area is 142 Å². The molecule has 1 heterocycles. The highest BCUT2D eigenvalue weighted by Gasteiger charge is 2.23. The van der Waals surface area contributed by atoms with Gasteiger partial charge < -0.3 is 10.1 Å². The first-order valence-electron chi connectivity index (χ1n) is 6.60. The van der Waals surface area contributed by atoms with E-state index in [9.17, 15) is 32.9 Å². The van der Waals surface area contributed by atoms with Crippen molar-refractivity contribution in [3.8, 4) is 0 Å². The van der Waals surface area contributed by atoms with Gasteiger partial charge in [-0.15, -0.1) is 0 Å². The Morgan fingerprint density at radius 1 is 1.20 bits per heavy atom.